The quantitative estimate of drug-likeness (QED) is 0.680. The molecule has 0 saturated heterocycles. The van der Waals surface area contributed by atoms with Crippen LogP contribution >= 0.6 is 0 Å². The molecule has 0 aromatic heterocycles. The third-order valence-corrected chi connectivity index (χ3v) is 3.16. The first-order chi connectivity index (χ1) is 9.58. The van der Waals surface area contributed by atoms with Crippen LogP contribution in [0.3, 0.4) is 0 Å². The van der Waals surface area contributed by atoms with E-state index in [9.17, 15) is 9.59 Å². The Bertz CT molecular complexity index is 612. The number of rotatable bonds is 4. The summed E-state index contributed by atoms with van der Waals surface area (Å²) in [5, 5.41) is 2.82. The van der Waals surface area contributed by atoms with Crippen LogP contribution in [0.15, 0.2) is 48.5 Å². The lowest BCUT2D eigenvalue weighted by molar-refractivity contribution is -0.115. The lowest BCUT2D eigenvalue weighted by atomic mass is 10.1. The minimum Gasteiger partial charge on any atom is -0.325 e. The number of aryl methyl sites for hydroxylation is 2. The predicted molar refractivity (Wildman–Crippen MR) is 79.9 cm³/mol. The molecule has 0 bridgehead atoms. The van der Waals surface area contributed by atoms with Crippen molar-refractivity contribution in [3.05, 3.63) is 65.2 Å². The van der Waals surface area contributed by atoms with Gasteiger partial charge in [0.2, 0.25) is 5.91 Å². The molecule has 0 atom stereocenters. The Morgan fingerprint density at radius 2 is 1.50 bits per heavy atom. The molecule has 0 fully saturated rings. The van der Waals surface area contributed by atoms with E-state index in [-0.39, 0.29) is 18.1 Å². The number of carbonyl (C=O) groups excluding carboxylic acids is 2. The zero-order valence-electron chi connectivity index (χ0n) is 11.6. The third kappa shape index (κ3) is 3.32. The topological polar surface area (TPSA) is 46.2 Å². The third-order valence-electron chi connectivity index (χ3n) is 3.16. The molecule has 0 saturated carbocycles. The van der Waals surface area contributed by atoms with Crippen molar-refractivity contribution in [1.82, 2.24) is 0 Å². The largest absolute Gasteiger partial charge is 0.325 e. The molecule has 2 aromatic rings. The van der Waals surface area contributed by atoms with E-state index < -0.39 is 0 Å². The lowest BCUT2D eigenvalue weighted by Gasteiger charge is -2.11. The molecular formula is C17H17NO2. The fraction of sp³-hybridized carbons (Fsp3) is 0.176. The van der Waals surface area contributed by atoms with Gasteiger partial charge in [-0.25, -0.2) is 0 Å². The zero-order valence-corrected chi connectivity index (χ0v) is 11.6. The highest BCUT2D eigenvalue weighted by atomic mass is 16.2. The van der Waals surface area contributed by atoms with Crippen LogP contribution in [0.25, 0.3) is 0 Å². The number of hydrogen-bond acceptors (Lipinski definition) is 2. The van der Waals surface area contributed by atoms with Crippen LogP contribution in [-0.2, 0) is 4.79 Å². The molecule has 1 N–H and O–H groups in total. The number of Topliss-reactive ketones (excluding diaryl/α,β-unsaturated/α-hetero) is 1. The van der Waals surface area contributed by atoms with Gasteiger partial charge in [-0.2, -0.15) is 0 Å². The van der Waals surface area contributed by atoms with Gasteiger partial charge in [0, 0.05) is 11.3 Å². The predicted octanol–water partition coefficient (Wildman–Crippen LogP) is 3.51. The van der Waals surface area contributed by atoms with E-state index in [1.54, 1.807) is 24.3 Å². The Balaban J connectivity index is 2.05. The summed E-state index contributed by atoms with van der Waals surface area (Å²) in [6.45, 7) is 3.86. The normalized spacial score (nSPS) is 10.1. The van der Waals surface area contributed by atoms with Crippen LogP contribution in [0.4, 0.5) is 5.69 Å². The van der Waals surface area contributed by atoms with Crippen LogP contribution in [0.5, 0.6) is 0 Å². The Morgan fingerprint density at radius 3 is 2.10 bits per heavy atom. The van der Waals surface area contributed by atoms with Gasteiger partial charge in [-0.05, 0) is 25.0 Å². The number of para-hydroxylation sites is 1. The maximum Gasteiger partial charge on any atom is 0.232 e. The fourth-order valence-corrected chi connectivity index (χ4v) is 2.07. The Kier molecular flexibility index (Phi) is 4.31. The number of carbonyl (C=O) groups is 2. The van der Waals surface area contributed by atoms with E-state index in [4.69, 9.17) is 0 Å². The van der Waals surface area contributed by atoms with Crippen molar-refractivity contribution in [1.29, 1.82) is 0 Å². The van der Waals surface area contributed by atoms with Crippen LogP contribution in [0.1, 0.15) is 27.9 Å². The molecule has 0 spiro atoms. The van der Waals surface area contributed by atoms with Crippen LogP contribution in [0.2, 0.25) is 0 Å². The van der Waals surface area contributed by atoms with Crippen molar-refractivity contribution < 1.29 is 9.59 Å². The minimum atomic E-state index is -0.281. The molecule has 0 aliphatic heterocycles. The second-order valence-corrected chi connectivity index (χ2v) is 4.78. The van der Waals surface area contributed by atoms with Crippen molar-refractivity contribution in [3.8, 4) is 0 Å². The smallest absolute Gasteiger partial charge is 0.232 e. The summed E-state index contributed by atoms with van der Waals surface area (Å²) < 4.78 is 0. The number of anilines is 1. The fourth-order valence-electron chi connectivity index (χ4n) is 2.07. The SMILES string of the molecule is Cc1cccc(C)c1NC(=O)CC(=O)c1ccccc1. The van der Waals surface area contributed by atoms with Crippen molar-refractivity contribution in [3.63, 3.8) is 0 Å². The first-order valence-corrected chi connectivity index (χ1v) is 6.52. The van der Waals surface area contributed by atoms with Gasteiger partial charge < -0.3 is 5.32 Å². The highest BCUT2D eigenvalue weighted by molar-refractivity contribution is 6.11. The maximum atomic E-state index is 12.0. The Labute approximate surface area is 118 Å². The van der Waals surface area contributed by atoms with Crippen LogP contribution in [-0.4, -0.2) is 11.7 Å². The first kappa shape index (κ1) is 14.0. The number of benzene rings is 2. The lowest BCUT2D eigenvalue weighted by Crippen LogP contribution is -2.17. The van der Waals surface area contributed by atoms with Gasteiger partial charge in [-0.15, -0.1) is 0 Å². The number of hydrogen-bond donors (Lipinski definition) is 1. The second-order valence-electron chi connectivity index (χ2n) is 4.78. The van der Waals surface area contributed by atoms with Gasteiger partial charge in [0.25, 0.3) is 0 Å². The molecule has 2 aromatic carbocycles. The van der Waals surface area contributed by atoms with Crippen LogP contribution in [0, 0.1) is 13.8 Å². The summed E-state index contributed by atoms with van der Waals surface area (Å²) in [6.07, 6.45) is -0.141. The number of nitrogens with one attached hydrogen (secondary N) is 1. The molecule has 1 amide bonds. The van der Waals surface area contributed by atoms with E-state index in [1.807, 2.05) is 38.1 Å². The van der Waals surface area contributed by atoms with Gasteiger partial charge in [0.15, 0.2) is 5.78 Å². The molecule has 0 radical (unpaired) electrons. The molecule has 3 heteroatoms. The highest BCUT2D eigenvalue weighted by Gasteiger charge is 2.13. The number of amides is 1. The van der Waals surface area contributed by atoms with Gasteiger partial charge in [0.05, 0.1) is 6.42 Å². The summed E-state index contributed by atoms with van der Waals surface area (Å²) in [6, 6.07) is 14.7. The summed E-state index contributed by atoms with van der Waals surface area (Å²) >= 11 is 0. The van der Waals surface area contributed by atoms with E-state index in [0.717, 1.165) is 16.8 Å². The van der Waals surface area contributed by atoms with Gasteiger partial charge in [0.1, 0.15) is 0 Å². The van der Waals surface area contributed by atoms with Crippen molar-refractivity contribution in [2.24, 2.45) is 0 Å². The van der Waals surface area contributed by atoms with Gasteiger partial charge in [-0.1, -0.05) is 48.5 Å². The first-order valence-electron chi connectivity index (χ1n) is 6.52. The highest BCUT2D eigenvalue weighted by Crippen LogP contribution is 2.19. The molecule has 20 heavy (non-hydrogen) atoms. The standard InChI is InChI=1S/C17H17NO2/c1-12-7-6-8-13(2)17(12)18-16(20)11-15(19)14-9-4-3-5-10-14/h3-10H,11H2,1-2H3,(H,18,20). The number of ketones is 1. The average Bonchev–Trinajstić information content (AvgIpc) is 2.44. The molecular weight excluding hydrogens is 250 g/mol. The Morgan fingerprint density at radius 1 is 0.900 bits per heavy atom. The minimum absolute atomic E-state index is 0.141. The van der Waals surface area contributed by atoms with Gasteiger partial charge >= 0.3 is 0 Å². The summed E-state index contributed by atoms with van der Waals surface area (Å²) in [5.74, 6) is -0.453. The van der Waals surface area contributed by atoms with Gasteiger partial charge in [-0.3, -0.25) is 9.59 Å². The molecule has 3 nitrogen and oxygen atoms in total. The van der Waals surface area contributed by atoms with E-state index in [2.05, 4.69) is 5.32 Å². The van der Waals surface area contributed by atoms with Crippen LogP contribution < -0.4 is 5.32 Å². The monoisotopic (exact) mass is 267 g/mol. The second kappa shape index (κ2) is 6.15. The van der Waals surface area contributed by atoms with E-state index in [0.29, 0.717) is 5.56 Å². The van der Waals surface area contributed by atoms with Crippen molar-refractivity contribution >= 4 is 17.4 Å². The maximum absolute atomic E-state index is 12.0. The molecule has 2 rings (SSSR count). The molecule has 0 aliphatic carbocycles. The summed E-state index contributed by atoms with van der Waals surface area (Å²) in [7, 11) is 0. The molecule has 0 heterocycles. The molecule has 102 valence electrons. The zero-order chi connectivity index (χ0) is 14.5. The average molecular weight is 267 g/mol. The molecule has 0 aliphatic rings. The molecule has 0 unspecified atom stereocenters. The van der Waals surface area contributed by atoms with Crippen molar-refractivity contribution in [2.75, 3.05) is 5.32 Å². The summed E-state index contributed by atoms with van der Waals surface area (Å²) in [4.78, 5) is 23.9. The summed E-state index contributed by atoms with van der Waals surface area (Å²) in [5.41, 5.74) is 3.33. The van der Waals surface area contributed by atoms with E-state index in [1.165, 1.54) is 0 Å². The Hall–Kier alpha value is -2.42. The van der Waals surface area contributed by atoms with Crippen molar-refractivity contribution in [2.45, 2.75) is 20.3 Å². The van der Waals surface area contributed by atoms with E-state index >= 15 is 0 Å².